The van der Waals surface area contributed by atoms with Gasteiger partial charge in [-0.25, -0.2) is 0 Å². The van der Waals surface area contributed by atoms with Crippen molar-refractivity contribution in [1.82, 2.24) is 19.9 Å². The number of nitrogens with zero attached hydrogens (tertiary/aromatic N) is 4. The summed E-state index contributed by atoms with van der Waals surface area (Å²) < 4.78 is 44.2. The van der Waals surface area contributed by atoms with E-state index in [1.807, 2.05) is 4.90 Å². The summed E-state index contributed by atoms with van der Waals surface area (Å²) in [5.74, 6) is 0.351. The zero-order valence-corrected chi connectivity index (χ0v) is 19.3. The van der Waals surface area contributed by atoms with Crippen LogP contribution in [0.5, 0.6) is 0 Å². The Labute approximate surface area is 205 Å². The van der Waals surface area contributed by atoms with Gasteiger partial charge in [0.25, 0.3) is 5.91 Å². The van der Waals surface area contributed by atoms with Gasteiger partial charge in [-0.1, -0.05) is 23.4 Å². The molecule has 5 rings (SSSR count). The number of aromatic nitrogens is 2. The molecule has 3 aromatic rings. The Morgan fingerprint density at radius 2 is 1.78 bits per heavy atom. The molecule has 1 aliphatic carbocycles. The molecule has 0 bridgehead atoms. The summed E-state index contributed by atoms with van der Waals surface area (Å²) in [5, 5.41) is 6.69. The van der Waals surface area contributed by atoms with Gasteiger partial charge in [0.05, 0.1) is 12.1 Å². The lowest BCUT2D eigenvalue weighted by Crippen LogP contribution is -2.48. The van der Waals surface area contributed by atoms with E-state index < -0.39 is 11.7 Å². The van der Waals surface area contributed by atoms with Crippen LogP contribution in [-0.4, -0.2) is 57.9 Å². The molecule has 1 saturated carbocycles. The minimum absolute atomic E-state index is 0.00884. The van der Waals surface area contributed by atoms with E-state index in [0.29, 0.717) is 49.9 Å². The first-order valence-corrected chi connectivity index (χ1v) is 11.7. The van der Waals surface area contributed by atoms with E-state index in [1.165, 1.54) is 12.1 Å². The Kier molecular flexibility index (Phi) is 6.48. The lowest BCUT2D eigenvalue weighted by molar-refractivity contribution is -0.137. The van der Waals surface area contributed by atoms with Gasteiger partial charge in [-0.2, -0.15) is 18.2 Å². The summed E-state index contributed by atoms with van der Waals surface area (Å²) in [7, 11) is 0. The van der Waals surface area contributed by atoms with Crippen molar-refractivity contribution in [2.45, 2.75) is 25.6 Å². The smallest absolute Gasteiger partial charge is 0.338 e. The van der Waals surface area contributed by atoms with Gasteiger partial charge >= 0.3 is 6.18 Å². The van der Waals surface area contributed by atoms with E-state index in [0.717, 1.165) is 25.0 Å². The number of nitrogens with one attached hydrogen (secondary N) is 1. The molecule has 188 valence electrons. The first-order valence-electron chi connectivity index (χ1n) is 11.7. The van der Waals surface area contributed by atoms with E-state index in [9.17, 15) is 22.8 Å². The normalized spacial score (nSPS) is 16.7. The zero-order valence-electron chi connectivity index (χ0n) is 19.3. The van der Waals surface area contributed by atoms with Crippen molar-refractivity contribution in [1.29, 1.82) is 0 Å². The van der Waals surface area contributed by atoms with Gasteiger partial charge in [0.15, 0.2) is 0 Å². The van der Waals surface area contributed by atoms with Crippen LogP contribution < -0.4 is 5.32 Å². The SMILES string of the molecule is O=C(Nc1cccc(C(=O)N2CCN(Cc3nc(-c4cccc(C(F)(F)F)c4)no3)CC2)c1)C1CC1. The molecule has 2 aliphatic rings. The molecule has 1 aromatic heterocycles. The fourth-order valence-electron chi connectivity index (χ4n) is 4.07. The molecular formula is C25H24F3N5O3. The van der Waals surface area contributed by atoms with Crippen molar-refractivity contribution >= 4 is 17.5 Å². The number of halogens is 3. The number of benzene rings is 2. The Bertz CT molecular complexity index is 1260. The monoisotopic (exact) mass is 499 g/mol. The molecule has 2 heterocycles. The van der Waals surface area contributed by atoms with Gasteiger partial charge in [0.1, 0.15) is 0 Å². The number of amides is 2. The molecule has 2 amide bonds. The van der Waals surface area contributed by atoms with E-state index in [2.05, 4.69) is 15.5 Å². The van der Waals surface area contributed by atoms with Crippen LogP contribution in [-0.2, 0) is 17.5 Å². The second-order valence-electron chi connectivity index (χ2n) is 9.00. The Balaban J connectivity index is 1.16. The second kappa shape index (κ2) is 9.73. The predicted molar refractivity (Wildman–Crippen MR) is 124 cm³/mol. The van der Waals surface area contributed by atoms with Crippen LogP contribution in [0.15, 0.2) is 53.1 Å². The Hall–Kier alpha value is -3.73. The summed E-state index contributed by atoms with van der Waals surface area (Å²) in [6.07, 6.45) is -2.64. The largest absolute Gasteiger partial charge is 0.416 e. The molecule has 36 heavy (non-hydrogen) atoms. The average molecular weight is 499 g/mol. The van der Waals surface area contributed by atoms with E-state index in [-0.39, 0.29) is 29.1 Å². The molecule has 11 heteroatoms. The molecule has 2 fully saturated rings. The van der Waals surface area contributed by atoms with Crippen LogP contribution >= 0.6 is 0 Å². The van der Waals surface area contributed by atoms with Crippen LogP contribution in [0.1, 0.15) is 34.7 Å². The molecule has 2 aromatic carbocycles. The molecule has 0 unspecified atom stereocenters. The topological polar surface area (TPSA) is 91.6 Å². The maximum Gasteiger partial charge on any atom is 0.416 e. The number of hydrogen-bond donors (Lipinski definition) is 1. The molecule has 0 atom stereocenters. The quantitative estimate of drug-likeness (QED) is 0.550. The van der Waals surface area contributed by atoms with Crippen molar-refractivity contribution in [3.05, 3.63) is 65.5 Å². The zero-order chi connectivity index (χ0) is 25.3. The summed E-state index contributed by atoms with van der Waals surface area (Å²) in [5.41, 5.74) is 0.581. The van der Waals surface area contributed by atoms with E-state index in [1.54, 1.807) is 29.2 Å². The number of hydrogen-bond acceptors (Lipinski definition) is 6. The third kappa shape index (κ3) is 5.56. The summed E-state index contributed by atoms with van der Waals surface area (Å²) in [4.78, 5) is 33.0. The van der Waals surface area contributed by atoms with Crippen LogP contribution in [0.4, 0.5) is 18.9 Å². The average Bonchev–Trinajstić information content (AvgIpc) is 3.63. The van der Waals surface area contributed by atoms with Crippen molar-refractivity contribution in [2.24, 2.45) is 5.92 Å². The molecule has 1 saturated heterocycles. The Morgan fingerprint density at radius 3 is 2.50 bits per heavy atom. The fraction of sp³-hybridized carbons (Fsp3) is 0.360. The van der Waals surface area contributed by atoms with Crippen LogP contribution in [0.3, 0.4) is 0 Å². The van der Waals surface area contributed by atoms with Gasteiger partial charge < -0.3 is 14.7 Å². The maximum atomic E-state index is 13.0. The number of rotatable bonds is 6. The molecule has 0 radical (unpaired) electrons. The molecule has 8 nitrogen and oxygen atoms in total. The van der Waals surface area contributed by atoms with E-state index >= 15 is 0 Å². The summed E-state index contributed by atoms with van der Waals surface area (Å²) in [6.45, 7) is 2.46. The van der Waals surface area contributed by atoms with Gasteiger partial charge in [0.2, 0.25) is 17.6 Å². The lowest BCUT2D eigenvalue weighted by Gasteiger charge is -2.34. The highest BCUT2D eigenvalue weighted by Gasteiger charge is 2.31. The second-order valence-corrected chi connectivity index (χ2v) is 9.00. The number of anilines is 1. The summed E-state index contributed by atoms with van der Waals surface area (Å²) >= 11 is 0. The lowest BCUT2D eigenvalue weighted by atomic mass is 10.1. The van der Waals surface area contributed by atoms with Gasteiger partial charge in [0, 0.05) is 48.9 Å². The van der Waals surface area contributed by atoms with Crippen LogP contribution in [0.25, 0.3) is 11.4 Å². The van der Waals surface area contributed by atoms with Crippen molar-refractivity contribution < 1.29 is 27.3 Å². The van der Waals surface area contributed by atoms with Gasteiger partial charge in [-0.15, -0.1) is 0 Å². The number of carbonyl (C=O) groups excluding carboxylic acids is 2. The van der Waals surface area contributed by atoms with E-state index in [4.69, 9.17) is 4.52 Å². The van der Waals surface area contributed by atoms with Crippen molar-refractivity contribution in [3.8, 4) is 11.4 Å². The Morgan fingerprint density at radius 1 is 1.03 bits per heavy atom. The highest BCUT2D eigenvalue weighted by molar-refractivity contribution is 5.98. The maximum absolute atomic E-state index is 13.0. The highest BCUT2D eigenvalue weighted by atomic mass is 19.4. The van der Waals surface area contributed by atoms with Crippen LogP contribution in [0.2, 0.25) is 0 Å². The van der Waals surface area contributed by atoms with Crippen LogP contribution in [0, 0.1) is 5.92 Å². The minimum atomic E-state index is -4.45. The molecular weight excluding hydrogens is 475 g/mol. The first-order chi connectivity index (χ1) is 17.3. The first kappa shape index (κ1) is 24.0. The number of piperazine rings is 1. The molecule has 1 N–H and O–H groups in total. The number of alkyl halides is 3. The third-order valence-corrected chi connectivity index (χ3v) is 6.26. The number of carbonyl (C=O) groups is 2. The fourth-order valence-corrected chi connectivity index (χ4v) is 4.07. The minimum Gasteiger partial charge on any atom is -0.338 e. The highest BCUT2D eigenvalue weighted by Crippen LogP contribution is 2.32. The predicted octanol–water partition coefficient (Wildman–Crippen LogP) is 4.06. The standard InChI is InChI=1S/C25H24F3N5O3/c26-25(27,28)19-5-1-3-17(13-19)22-30-21(36-31-22)15-32-9-11-33(12-10-32)24(35)18-4-2-6-20(14-18)29-23(34)16-7-8-16/h1-6,13-14,16H,7-12,15H2,(H,29,34). The van der Waals surface area contributed by atoms with Crippen molar-refractivity contribution in [2.75, 3.05) is 31.5 Å². The molecule has 0 spiro atoms. The van der Waals surface area contributed by atoms with Gasteiger partial charge in [-0.3, -0.25) is 14.5 Å². The van der Waals surface area contributed by atoms with Gasteiger partial charge in [-0.05, 0) is 43.2 Å². The van der Waals surface area contributed by atoms with Crippen molar-refractivity contribution in [3.63, 3.8) is 0 Å². The third-order valence-electron chi connectivity index (χ3n) is 6.26. The molecule has 1 aliphatic heterocycles. The summed E-state index contributed by atoms with van der Waals surface area (Å²) in [6, 6.07) is 11.7.